The Bertz CT molecular complexity index is 607. The Morgan fingerprint density at radius 2 is 2.11 bits per heavy atom. The SMILES string of the molecule is CC(=O)Oc1ccc(C)cc1C=Cc1cnccn1. The van der Waals surface area contributed by atoms with Crippen LogP contribution >= 0.6 is 0 Å². The van der Waals surface area contributed by atoms with Gasteiger partial charge in [-0.15, -0.1) is 0 Å². The van der Waals surface area contributed by atoms with Crippen LogP contribution in [0.2, 0.25) is 0 Å². The third-order valence-electron chi connectivity index (χ3n) is 2.44. The molecule has 0 radical (unpaired) electrons. The van der Waals surface area contributed by atoms with Crippen molar-refractivity contribution in [3.05, 3.63) is 53.6 Å². The van der Waals surface area contributed by atoms with E-state index in [0.29, 0.717) is 5.75 Å². The fourth-order valence-electron chi connectivity index (χ4n) is 1.62. The molecule has 0 saturated carbocycles. The third-order valence-corrected chi connectivity index (χ3v) is 2.44. The van der Waals surface area contributed by atoms with Gasteiger partial charge < -0.3 is 4.74 Å². The van der Waals surface area contributed by atoms with Crippen LogP contribution < -0.4 is 4.74 Å². The summed E-state index contributed by atoms with van der Waals surface area (Å²) < 4.78 is 5.16. The predicted octanol–water partition coefficient (Wildman–Crippen LogP) is 2.88. The molecule has 1 aromatic heterocycles. The molecule has 0 saturated heterocycles. The summed E-state index contributed by atoms with van der Waals surface area (Å²) in [6.07, 6.45) is 8.60. The molecular formula is C15H14N2O2. The first kappa shape index (κ1) is 13.0. The summed E-state index contributed by atoms with van der Waals surface area (Å²) in [5, 5.41) is 0. The van der Waals surface area contributed by atoms with Crippen molar-refractivity contribution in [1.82, 2.24) is 9.97 Å². The fraction of sp³-hybridized carbons (Fsp3) is 0.133. The Balaban J connectivity index is 2.30. The molecule has 2 rings (SSSR count). The van der Waals surface area contributed by atoms with Gasteiger partial charge in [0.05, 0.1) is 11.9 Å². The number of nitrogens with zero attached hydrogens (tertiary/aromatic N) is 2. The zero-order chi connectivity index (χ0) is 13.7. The summed E-state index contributed by atoms with van der Waals surface area (Å²) >= 11 is 0. The molecule has 0 aliphatic rings. The molecule has 0 N–H and O–H groups in total. The largest absolute Gasteiger partial charge is 0.426 e. The normalized spacial score (nSPS) is 10.6. The van der Waals surface area contributed by atoms with Gasteiger partial charge in [-0.3, -0.25) is 14.8 Å². The number of aromatic nitrogens is 2. The highest BCUT2D eigenvalue weighted by Crippen LogP contribution is 2.22. The van der Waals surface area contributed by atoms with Gasteiger partial charge in [0, 0.05) is 24.9 Å². The maximum atomic E-state index is 11.1. The van der Waals surface area contributed by atoms with Crippen LogP contribution in [0.15, 0.2) is 36.8 Å². The molecule has 4 heteroatoms. The molecule has 1 aromatic carbocycles. The first-order valence-electron chi connectivity index (χ1n) is 5.88. The summed E-state index contributed by atoms with van der Waals surface area (Å²) in [5.41, 5.74) is 2.67. The lowest BCUT2D eigenvalue weighted by molar-refractivity contribution is -0.131. The lowest BCUT2D eigenvalue weighted by atomic mass is 10.1. The van der Waals surface area contributed by atoms with Gasteiger partial charge in [0.15, 0.2) is 0 Å². The maximum absolute atomic E-state index is 11.1. The highest BCUT2D eigenvalue weighted by Gasteiger charge is 2.04. The topological polar surface area (TPSA) is 52.1 Å². The summed E-state index contributed by atoms with van der Waals surface area (Å²) in [5.74, 6) is 0.205. The van der Waals surface area contributed by atoms with Gasteiger partial charge in [0.2, 0.25) is 0 Å². The molecule has 0 amide bonds. The number of carbonyl (C=O) groups is 1. The van der Waals surface area contributed by atoms with Crippen molar-refractivity contribution in [2.45, 2.75) is 13.8 Å². The highest BCUT2D eigenvalue weighted by molar-refractivity contribution is 5.75. The van der Waals surface area contributed by atoms with Crippen molar-refractivity contribution < 1.29 is 9.53 Å². The molecular weight excluding hydrogens is 240 g/mol. The number of rotatable bonds is 3. The van der Waals surface area contributed by atoms with Crippen molar-refractivity contribution in [3.63, 3.8) is 0 Å². The van der Waals surface area contributed by atoms with E-state index >= 15 is 0 Å². The number of ether oxygens (including phenoxy) is 1. The Morgan fingerprint density at radius 1 is 1.26 bits per heavy atom. The van der Waals surface area contributed by atoms with Gasteiger partial charge >= 0.3 is 5.97 Å². The van der Waals surface area contributed by atoms with Crippen LogP contribution in [0.1, 0.15) is 23.7 Å². The molecule has 0 aliphatic heterocycles. The number of esters is 1. The van der Waals surface area contributed by atoms with Crippen molar-refractivity contribution in [2.75, 3.05) is 0 Å². The van der Waals surface area contributed by atoms with Gasteiger partial charge in [0.1, 0.15) is 5.75 Å². The zero-order valence-corrected chi connectivity index (χ0v) is 10.8. The average Bonchev–Trinajstić information content (AvgIpc) is 2.40. The lowest BCUT2D eigenvalue weighted by Gasteiger charge is -2.06. The van der Waals surface area contributed by atoms with E-state index in [9.17, 15) is 4.79 Å². The second-order valence-corrected chi connectivity index (χ2v) is 4.10. The molecule has 0 aliphatic carbocycles. The Kier molecular flexibility index (Phi) is 4.03. The molecule has 4 nitrogen and oxygen atoms in total. The number of aryl methyl sites for hydroxylation is 1. The minimum absolute atomic E-state index is 0.335. The molecule has 0 spiro atoms. The van der Waals surface area contributed by atoms with Gasteiger partial charge in [-0.05, 0) is 31.2 Å². The molecule has 0 unspecified atom stereocenters. The molecule has 0 atom stereocenters. The number of benzene rings is 1. The average molecular weight is 254 g/mol. The molecule has 0 fully saturated rings. The third kappa shape index (κ3) is 3.74. The summed E-state index contributed by atoms with van der Waals surface area (Å²) in [7, 11) is 0. The molecule has 96 valence electrons. The number of carbonyl (C=O) groups excluding carboxylic acids is 1. The van der Waals surface area contributed by atoms with Crippen molar-refractivity contribution in [3.8, 4) is 5.75 Å². The maximum Gasteiger partial charge on any atom is 0.308 e. The van der Waals surface area contributed by atoms with Gasteiger partial charge in [-0.1, -0.05) is 11.6 Å². The second-order valence-electron chi connectivity index (χ2n) is 4.10. The van der Waals surface area contributed by atoms with Gasteiger partial charge in [-0.2, -0.15) is 0 Å². The van der Waals surface area contributed by atoms with Crippen LogP contribution in [-0.4, -0.2) is 15.9 Å². The van der Waals surface area contributed by atoms with E-state index in [1.54, 1.807) is 24.7 Å². The van der Waals surface area contributed by atoms with Gasteiger partial charge in [0.25, 0.3) is 0 Å². The van der Waals surface area contributed by atoms with Crippen molar-refractivity contribution in [1.29, 1.82) is 0 Å². The summed E-state index contributed by atoms with van der Waals surface area (Å²) in [4.78, 5) is 19.2. The monoisotopic (exact) mass is 254 g/mol. The first-order chi connectivity index (χ1) is 9.15. The van der Waals surface area contributed by atoms with Gasteiger partial charge in [-0.25, -0.2) is 0 Å². The zero-order valence-electron chi connectivity index (χ0n) is 10.8. The minimum Gasteiger partial charge on any atom is -0.426 e. The van der Waals surface area contributed by atoms with Crippen molar-refractivity contribution >= 4 is 18.1 Å². The van der Waals surface area contributed by atoms with Crippen LogP contribution in [0.25, 0.3) is 12.2 Å². The fourth-order valence-corrected chi connectivity index (χ4v) is 1.62. The molecule has 0 bridgehead atoms. The quantitative estimate of drug-likeness (QED) is 0.624. The van der Waals surface area contributed by atoms with E-state index in [0.717, 1.165) is 16.8 Å². The Hall–Kier alpha value is -2.49. The van der Waals surface area contributed by atoms with E-state index < -0.39 is 0 Å². The van der Waals surface area contributed by atoms with E-state index in [1.165, 1.54) is 6.92 Å². The van der Waals surface area contributed by atoms with E-state index in [-0.39, 0.29) is 5.97 Å². The van der Waals surface area contributed by atoms with Crippen LogP contribution in [0.5, 0.6) is 5.75 Å². The summed E-state index contributed by atoms with van der Waals surface area (Å²) in [6, 6.07) is 5.64. The smallest absolute Gasteiger partial charge is 0.308 e. The highest BCUT2D eigenvalue weighted by atomic mass is 16.5. The molecule has 1 heterocycles. The van der Waals surface area contributed by atoms with E-state index in [2.05, 4.69) is 9.97 Å². The Labute approximate surface area is 111 Å². The van der Waals surface area contributed by atoms with Crippen molar-refractivity contribution in [2.24, 2.45) is 0 Å². The summed E-state index contributed by atoms with van der Waals surface area (Å²) in [6.45, 7) is 3.37. The predicted molar refractivity (Wildman–Crippen MR) is 73.4 cm³/mol. The van der Waals surface area contributed by atoms with Crippen LogP contribution in [0, 0.1) is 6.92 Å². The Morgan fingerprint density at radius 3 is 2.79 bits per heavy atom. The second kappa shape index (κ2) is 5.91. The lowest BCUT2D eigenvalue weighted by Crippen LogP contribution is -2.02. The number of hydrogen-bond acceptors (Lipinski definition) is 4. The van der Waals surface area contributed by atoms with Crippen LogP contribution in [0.4, 0.5) is 0 Å². The minimum atomic E-state index is -0.335. The number of hydrogen-bond donors (Lipinski definition) is 0. The standard InChI is InChI=1S/C15H14N2O2/c1-11-3-6-15(19-12(2)18)13(9-11)4-5-14-10-16-7-8-17-14/h3-10H,1-2H3. The first-order valence-corrected chi connectivity index (χ1v) is 5.88. The van der Waals surface area contributed by atoms with E-state index in [1.807, 2.05) is 31.2 Å². The molecule has 2 aromatic rings. The van der Waals surface area contributed by atoms with Crippen LogP contribution in [0.3, 0.4) is 0 Å². The van der Waals surface area contributed by atoms with Crippen LogP contribution in [-0.2, 0) is 4.79 Å². The van der Waals surface area contributed by atoms with E-state index in [4.69, 9.17) is 4.74 Å². The molecule has 19 heavy (non-hydrogen) atoms.